The van der Waals surface area contributed by atoms with Crippen LogP contribution < -0.4 is 15.0 Å². The number of nitrogens with zero attached hydrogens (tertiary/aromatic N) is 4. The van der Waals surface area contributed by atoms with Gasteiger partial charge in [0.1, 0.15) is 5.75 Å². The number of hydrogen-bond acceptors (Lipinski definition) is 6. The van der Waals surface area contributed by atoms with Crippen LogP contribution >= 0.6 is 0 Å². The summed E-state index contributed by atoms with van der Waals surface area (Å²) in [6, 6.07) is 7.25. The molecule has 0 saturated carbocycles. The first kappa shape index (κ1) is 18.1. The number of anilines is 2. The van der Waals surface area contributed by atoms with Gasteiger partial charge in [-0.3, -0.25) is 4.79 Å². The molecule has 0 aliphatic carbocycles. The number of aromatic nitrogens is 2. The number of carbonyl (C=O) groups excluding carboxylic acids is 1. The van der Waals surface area contributed by atoms with Gasteiger partial charge in [0.05, 0.1) is 18.4 Å². The van der Waals surface area contributed by atoms with Gasteiger partial charge in [-0.1, -0.05) is 13.0 Å². The minimum Gasteiger partial charge on any atom is -0.497 e. The fraction of sp³-hybridized carbons (Fsp3) is 0.421. The summed E-state index contributed by atoms with van der Waals surface area (Å²) < 4.78 is 5.18. The van der Waals surface area contributed by atoms with E-state index in [0.29, 0.717) is 28.6 Å². The Morgan fingerprint density at radius 2 is 2.04 bits per heavy atom. The summed E-state index contributed by atoms with van der Waals surface area (Å²) in [5.74, 6) is 1.16. The van der Waals surface area contributed by atoms with Gasteiger partial charge in [0.15, 0.2) is 0 Å². The van der Waals surface area contributed by atoms with E-state index in [4.69, 9.17) is 4.74 Å². The number of piperazine rings is 1. The van der Waals surface area contributed by atoms with E-state index in [1.807, 2.05) is 25.1 Å². The first-order chi connectivity index (χ1) is 12.6. The standard InChI is InChI=1S/C19H25N5O2/c1-4-23-8-10-24(11-9-23)19-20-13-17(14(2)21-19)18(25)22-15-6-5-7-16(12-15)26-3/h5-7,12-13H,4,8-11H2,1-3H3,(H,22,25). The molecule has 1 aliphatic rings. The van der Waals surface area contributed by atoms with Gasteiger partial charge in [-0.25, -0.2) is 9.97 Å². The highest BCUT2D eigenvalue weighted by Crippen LogP contribution is 2.19. The third kappa shape index (κ3) is 4.11. The fourth-order valence-corrected chi connectivity index (χ4v) is 2.99. The van der Waals surface area contributed by atoms with Crippen molar-refractivity contribution >= 4 is 17.5 Å². The molecule has 1 fully saturated rings. The summed E-state index contributed by atoms with van der Waals surface area (Å²) in [6.07, 6.45) is 1.61. The molecule has 3 rings (SSSR count). The second-order valence-corrected chi connectivity index (χ2v) is 6.28. The Kier molecular flexibility index (Phi) is 5.68. The molecule has 138 valence electrons. The average Bonchev–Trinajstić information content (AvgIpc) is 2.68. The molecule has 0 bridgehead atoms. The molecule has 2 aromatic rings. The Hall–Kier alpha value is -2.67. The van der Waals surface area contributed by atoms with Crippen LogP contribution in [0.4, 0.5) is 11.6 Å². The third-order valence-corrected chi connectivity index (χ3v) is 4.64. The largest absolute Gasteiger partial charge is 0.497 e. The summed E-state index contributed by atoms with van der Waals surface area (Å²) in [5, 5.41) is 2.87. The van der Waals surface area contributed by atoms with E-state index >= 15 is 0 Å². The van der Waals surface area contributed by atoms with Gasteiger partial charge in [0, 0.05) is 44.1 Å². The zero-order valence-electron chi connectivity index (χ0n) is 15.5. The Labute approximate surface area is 154 Å². The molecule has 2 heterocycles. The van der Waals surface area contributed by atoms with E-state index in [2.05, 4.69) is 32.0 Å². The summed E-state index contributed by atoms with van der Waals surface area (Å²) >= 11 is 0. The van der Waals surface area contributed by atoms with E-state index < -0.39 is 0 Å². The number of benzene rings is 1. The van der Waals surface area contributed by atoms with Crippen LogP contribution in [0.5, 0.6) is 5.75 Å². The van der Waals surface area contributed by atoms with Crippen molar-refractivity contribution in [3.63, 3.8) is 0 Å². The van der Waals surface area contributed by atoms with Gasteiger partial charge in [-0.2, -0.15) is 0 Å². The van der Waals surface area contributed by atoms with Crippen molar-refractivity contribution in [2.75, 3.05) is 50.1 Å². The second kappa shape index (κ2) is 8.14. The predicted molar refractivity (Wildman–Crippen MR) is 102 cm³/mol. The number of rotatable bonds is 5. The number of aryl methyl sites for hydroxylation is 1. The van der Waals surface area contributed by atoms with Crippen LogP contribution in [0.2, 0.25) is 0 Å². The minimum absolute atomic E-state index is 0.224. The predicted octanol–water partition coefficient (Wildman–Crippen LogP) is 2.19. The second-order valence-electron chi connectivity index (χ2n) is 6.28. The molecule has 7 nitrogen and oxygen atoms in total. The maximum Gasteiger partial charge on any atom is 0.259 e. The van der Waals surface area contributed by atoms with Crippen molar-refractivity contribution < 1.29 is 9.53 Å². The van der Waals surface area contributed by atoms with Crippen LogP contribution in [0, 0.1) is 6.92 Å². The monoisotopic (exact) mass is 355 g/mol. The molecule has 1 aliphatic heterocycles. The average molecular weight is 355 g/mol. The Morgan fingerprint density at radius 1 is 1.27 bits per heavy atom. The number of nitrogens with one attached hydrogen (secondary N) is 1. The maximum atomic E-state index is 12.6. The van der Waals surface area contributed by atoms with Crippen molar-refractivity contribution in [1.82, 2.24) is 14.9 Å². The normalized spacial score (nSPS) is 15.0. The topological polar surface area (TPSA) is 70.6 Å². The van der Waals surface area contributed by atoms with Crippen LogP contribution in [0.1, 0.15) is 23.0 Å². The van der Waals surface area contributed by atoms with E-state index in [1.54, 1.807) is 19.4 Å². The number of hydrogen-bond donors (Lipinski definition) is 1. The summed E-state index contributed by atoms with van der Waals surface area (Å²) in [4.78, 5) is 26.1. The quantitative estimate of drug-likeness (QED) is 0.887. The van der Waals surface area contributed by atoms with Gasteiger partial charge in [-0.15, -0.1) is 0 Å². The van der Waals surface area contributed by atoms with E-state index in [0.717, 1.165) is 32.7 Å². The summed E-state index contributed by atoms with van der Waals surface area (Å²) in [5.41, 5.74) is 1.82. The van der Waals surface area contributed by atoms with Crippen LogP contribution in [0.3, 0.4) is 0 Å². The first-order valence-corrected chi connectivity index (χ1v) is 8.87. The van der Waals surface area contributed by atoms with Crippen LogP contribution in [0.15, 0.2) is 30.5 Å². The lowest BCUT2D eigenvalue weighted by molar-refractivity contribution is 0.102. The van der Waals surface area contributed by atoms with Crippen molar-refractivity contribution in [3.05, 3.63) is 41.7 Å². The number of methoxy groups -OCH3 is 1. The van der Waals surface area contributed by atoms with Gasteiger partial charge in [0.2, 0.25) is 5.95 Å². The molecule has 7 heteroatoms. The lowest BCUT2D eigenvalue weighted by Gasteiger charge is -2.34. The lowest BCUT2D eigenvalue weighted by atomic mass is 10.2. The molecular weight excluding hydrogens is 330 g/mol. The molecule has 0 unspecified atom stereocenters. The third-order valence-electron chi connectivity index (χ3n) is 4.64. The Morgan fingerprint density at radius 3 is 2.69 bits per heavy atom. The fourth-order valence-electron chi connectivity index (χ4n) is 2.99. The van der Waals surface area contributed by atoms with Gasteiger partial charge in [-0.05, 0) is 25.6 Å². The summed E-state index contributed by atoms with van der Waals surface area (Å²) in [7, 11) is 1.60. The molecule has 26 heavy (non-hydrogen) atoms. The zero-order chi connectivity index (χ0) is 18.5. The highest BCUT2D eigenvalue weighted by atomic mass is 16.5. The molecule has 0 atom stereocenters. The molecule has 1 aromatic heterocycles. The van der Waals surface area contributed by atoms with Crippen molar-refractivity contribution in [2.24, 2.45) is 0 Å². The van der Waals surface area contributed by atoms with Crippen molar-refractivity contribution in [2.45, 2.75) is 13.8 Å². The number of carbonyl (C=O) groups is 1. The van der Waals surface area contributed by atoms with E-state index in [1.165, 1.54) is 0 Å². The number of amides is 1. The van der Waals surface area contributed by atoms with E-state index in [9.17, 15) is 4.79 Å². The first-order valence-electron chi connectivity index (χ1n) is 8.87. The molecule has 0 spiro atoms. The molecule has 1 saturated heterocycles. The zero-order valence-corrected chi connectivity index (χ0v) is 15.5. The smallest absolute Gasteiger partial charge is 0.259 e. The molecular formula is C19H25N5O2. The van der Waals surface area contributed by atoms with E-state index in [-0.39, 0.29) is 5.91 Å². The van der Waals surface area contributed by atoms with Crippen molar-refractivity contribution in [1.29, 1.82) is 0 Å². The van der Waals surface area contributed by atoms with Crippen LogP contribution in [-0.4, -0.2) is 60.6 Å². The van der Waals surface area contributed by atoms with Crippen molar-refractivity contribution in [3.8, 4) is 5.75 Å². The maximum absolute atomic E-state index is 12.6. The number of likely N-dealkylation sites (N-methyl/N-ethyl adjacent to an activating group) is 1. The minimum atomic E-state index is -0.224. The van der Waals surface area contributed by atoms with Gasteiger partial charge < -0.3 is 19.9 Å². The van der Waals surface area contributed by atoms with Crippen LogP contribution in [0.25, 0.3) is 0 Å². The van der Waals surface area contributed by atoms with Crippen LogP contribution in [-0.2, 0) is 0 Å². The highest BCUT2D eigenvalue weighted by Gasteiger charge is 2.19. The van der Waals surface area contributed by atoms with Gasteiger partial charge >= 0.3 is 0 Å². The number of ether oxygens (including phenoxy) is 1. The Bertz CT molecular complexity index is 772. The molecule has 0 radical (unpaired) electrons. The highest BCUT2D eigenvalue weighted by molar-refractivity contribution is 6.04. The Balaban J connectivity index is 1.70. The summed E-state index contributed by atoms with van der Waals surface area (Å²) in [6.45, 7) is 8.91. The lowest BCUT2D eigenvalue weighted by Crippen LogP contribution is -2.46. The molecule has 1 N–H and O–H groups in total. The molecule has 1 amide bonds. The van der Waals surface area contributed by atoms with Gasteiger partial charge in [0.25, 0.3) is 5.91 Å². The molecule has 1 aromatic carbocycles. The SMILES string of the molecule is CCN1CCN(c2ncc(C(=O)Nc3cccc(OC)c3)c(C)n2)CC1.